The second kappa shape index (κ2) is 5.67. The van der Waals surface area contributed by atoms with Gasteiger partial charge < -0.3 is 10.6 Å². The topological polar surface area (TPSA) is 41.1 Å². The van der Waals surface area contributed by atoms with E-state index in [1.807, 2.05) is 13.8 Å². The van der Waals surface area contributed by atoms with E-state index in [4.69, 9.17) is 0 Å². The highest BCUT2D eigenvalue weighted by atomic mass is 19.2. The van der Waals surface area contributed by atoms with E-state index in [-0.39, 0.29) is 18.3 Å². The smallest absolute Gasteiger partial charge is 0.238 e. The number of carbonyl (C=O) groups is 1. The third kappa shape index (κ3) is 3.74. The highest BCUT2D eigenvalue weighted by molar-refractivity contribution is 5.92. The van der Waals surface area contributed by atoms with Crippen LogP contribution in [0.25, 0.3) is 0 Å². The van der Waals surface area contributed by atoms with Crippen molar-refractivity contribution in [3.63, 3.8) is 0 Å². The van der Waals surface area contributed by atoms with Crippen LogP contribution in [0.15, 0.2) is 12.1 Å². The van der Waals surface area contributed by atoms with Crippen LogP contribution in [0.3, 0.4) is 0 Å². The average molecular weight is 246 g/mol. The van der Waals surface area contributed by atoms with Gasteiger partial charge in [0, 0.05) is 6.04 Å². The van der Waals surface area contributed by atoms with Gasteiger partial charge in [-0.25, -0.2) is 13.2 Å². The normalized spacial score (nSPS) is 10.7. The van der Waals surface area contributed by atoms with E-state index in [1.54, 1.807) is 0 Å². The standard InChI is InChI=1S/C11H13F3N2O/c1-6(2)15-5-9(17)16-8-4-3-7(12)10(13)11(8)14/h3-4,6,15H,5H2,1-2H3,(H,16,17). The molecule has 0 aliphatic rings. The molecule has 17 heavy (non-hydrogen) atoms. The monoisotopic (exact) mass is 246 g/mol. The Morgan fingerprint density at radius 1 is 1.24 bits per heavy atom. The summed E-state index contributed by atoms with van der Waals surface area (Å²) in [6.45, 7) is 3.65. The highest BCUT2D eigenvalue weighted by Crippen LogP contribution is 2.19. The molecule has 6 heteroatoms. The Hall–Kier alpha value is -1.56. The third-order valence-corrected chi connectivity index (χ3v) is 1.98. The molecule has 1 aromatic carbocycles. The van der Waals surface area contributed by atoms with Crippen molar-refractivity contribution in [3.8, 4) is 0 Å². The van der Waals surface area contributed by atoms with E-state index in [0.29, 0.717) is 0 Å². The summed E-state index contributed by atoms with van der Waals surface area (Å²) >= 11 is 0. The van der Waals surface area contributed by atoms with Crippen molar-refractivity contribution in [3.05, 3.63) is 29.6 Å². The molecule has 0 atom stereocenters. The minimum absolute atomic E-state index is 0.0316. The first-order valence-corrected chi connectivity index (χ1v) is 5.08. The molecule has 0 bridgehead atoms. The number of nitrogens with one attached hydrogen (secondary N) is 2. The largest absolute Gasteiger partial charge is 0.322 e. The molecule has 0 heterocycles. The summed E-state index contributed by atoms with van der Waals surface area (Å²) < 4.78 is 38.6. The Balaban J connectivity index is 2.69. The molecule has 0 spiro atoms. The minimum atomic E-state index is -1.60. The van der Waals surface area contributed by atoms with Crippen molar-refractivity contribution in [1.29, 1.82) is 0 Å². The second-order valence-corrected chi connectivity index (χ2v) is 3.81. The molecule has 94 valence electrons. The Bertz CT molecular complexity index is 421. The molecule has 2 N–H and O–H groups in total. The van der Waals surface area contributed by atoms with Gasteiger partial charge in [0.25, 0.3) is 0 Å². The molecule has 0 aliphatic heterocycles. The predicted octanol–water partition coefficient (Wildman–Crippen LogP) is 2.04. The Kier molecular flexibility index (Phi) is 4.51. The molecule has 0 aliphatic carbocycles. The van der Waals surface area contributed by atoms with Crippen LogP contribution in [0, 0.1) is 17.5 Å². The highest BCUT2D eigenvalue weighted by Gasteiger charge is 2.14. The van der Waals surface area contributed by atoms with Crippen LogP contribution in [0.4, 0.5) is 18.9 Å². The zero-order chi connectivity index (χ0) is 13.0. The van der Waals surface area contributed by atoms with Gasteiger partial charge in [0.1, 0.15) is 0 Å². The Labute approximate surface area is 97.0 Å². The molecular weight excluding hydrogens is 233 g/mol. The van der Waals surface area contributed by atoms with Crippen molar-refractivity contribution in [1.82, 2.24) is 5.32 Å². The van der Waals surface area contributed by atoms with Crippen LogP contribution in [-0.2, 0) is 4.79 Å². The van der Waals surface area contributed by atoms with Crippen molar-refractivity contribution in [2.75, 3.05) is 11.9 Å². The molecule has 0 radical (unpaired) electrons. The van der Waals surface area contributed by atoms with Gasteiger partial charge in [0.05, 0.1) is 12.2 Å². The molecule has 0 unspecified atom stereocenters. The van der Waals surface area contributed by atoms with E-state index < -0.39 is 23.4 Å². The van der Waals surface area contributed by atoms with Gasteiger partial charge in [-0.1, -0.05) is 13.8 Å². The Morgan fingerprint density at radius 3 is 2.47 bits per heavy atom. The first kappa shape index (κ1) is 13.5. The van der Waals surface area contributed by atoms with Crippen molar-refractivity contribution < 1.29 is 18.0 Å². The lowest BCUT2D eigenvalue weighted by Crippen LogP contribution is -2.32. The average Bonchev–Trinajstić information content (AvgIpc) is 2.27. The van der Waals surface area contributed by atoms with Crippen molar-refractivity contribution in [2.45, 2.75) is 19.9 Å². The lowest BCUT2D eigenvalue weighted by atomic mass is 10.2. The fourth-order valence-corrected chi connectivity index (χ4v) is 1.11. The zero-order valence-corrected chi connectivity index (χ0v) is 9.48. The number of hydrogen-bond donors (Lipinski definition) is 2. The fraction of sp³-hybridized carbons (Fsp3) is 0.364. The molecule has 3 nitrogen and oxygen atoms in total. The maximum absolute atomic E-state index is 13.2. The van der Waals surface area contributed by atoms with Crippen LogP contribution in [0.2, 0.25) is 0 Å². The van der Waals surface area contributed by atoms with Gasteiger partial charge in [-0.15, -0.1) is 0 Å². The summed E-state index contributed by atoms with van der Waals surface area (Å²) in [5.41, 5.74) is -0.376. The Morgan fingerprint density at radius 2 is 1.88 bits per heavy atom. The first-order chi connectivity index (χ1) is 7.91. The van der Waals surface area contributed by atoms with E-state index >= 15 is 0 Å². The van der Waals surface area contributed by atoms with E-state index in [2.05, 4.69) is 10.6 Å². The number of anilines is 1. The number of halogens is 3. The van der Waals surface area contributed by atoms with Gasteiger partial charge >= 0.3 is 0 Å². The molecular formula is C11H13F3N2O. The van der Waals surface area contributed by atoms with Gasteiger partial charge in [-0.05, 0) is 12.1 Å². The molecule has 0 aromatic heterocycles. The second-order valence-electron chi connectivity index (χ2n) is 3.81. The number of carbonyl (C=O) groups excluding carboxylic acids is 1. The third-order valence-electron chi connectivity index (χ3n) is 1.98. The van der Waals surface area contributed by atoms with E-state index in [9.17, 15) is 18.0 Å². The summed E-state index contributed by atoms with van der Waals surface area (Å²) in [5, 5.41) is 4.96. The lowest BCUT2D eigenvalue weighted by molar-refractivity contribution is -0.115. The molecule has 0 fully saturated rings. The van der Waals surface area contributed by atoms with Crippen molar-refractivity contribution in [2.24, 2.45) is 0 Å². The predicted molar refractivity (Wildman–Crippen MR) is 58.1 cm³/mol. The van der Waals surface area contributed by atoms with Crippen LogP contribution in [-0.4, -0.2) is 18.5 Å². The summed E-state index contributed by atoms with van der Waals surface area (Å²) in [4.78, 5) is 11.3. The minimum Gasteiger partial charge on any atom is -0.322 e. The number of hydrogen-bond acceptors (Lipinski definition) is 2. The molecule has 1 amide bonds. The fourth-order valence-electron chi connectivity index (χ4n) is 1.11. The van der Waals surface area contributed by atoms with Crippen LogP contribution in [0.1, 0.15) is 13.8 Å². The number of amides is 1. The van der Waals surface area contributed by atoms with Crippen molar-refractivity contribution >= 4 is 11.6 Å². The quantitative estimate of drug-likeness (QED) is 0.798. The van der Waals surface area contributed by atoms with E-state index in [1.165, 1.54) is 0 Å². The lowest BCUT2D eigenvalue weighted by Gasteiger charge is -2.09. The molecule has 0 saturated carbocycles. The van der Waals surface area contributed by atoms with E-state index in [0.717, 1.165) is 12.1 Å². The summed E-state index contributed by atoms with van der Waals surface area (Å²) in [6, 6.07) is 1.82. The SMILES string of the molecule is CC(C)NCC(=O)Nc1ccc(F)c(F)c1F. The maximum atomic E-state index is 13.2. The molecule has 1 aromatic rings. The van der Waals surface area contributed by atoms with Crippen LogP contribution >= 0.6 is 0 Å². The van der Waals surface area contributed by atoms with Gasteiger partial charge in [0.15, 0.2) is 17.5 Å². The molecule has 0 saturated heterocycles. The first-order valence-electron chi connectivity index (χ1n) is 5.08. The van der Waals surface area contributed by atoms with Crippen LogP contribution < -0.4 is 10.6 Å². The summed E-state index contributed by atoms with van der Waals surface area (Å²) in [5.74, 6) is -4.81. The summed E-state index contributed by atoms with van der Waals surface area (Å²) in [6.07, 6.45) is 0. The van der Waals surface area contributed by atoms with Crippen LogP contribution in [0.5, 0.6) is 0 Å². The number of rotatable bonds is 4. The van der Waals surface area contributed by atoms with Gasteiger partial charge in [0.2, 0.25) is 5.91 Å². The summed E-state index contributed by atoms with van der Waals surface area (Å²) in [7, 11) is 0. The number of benzene rings is 1. The maximum Gasteiger partial charge on any atom is 0.238 e. The zero-order valence-electron chi connectivity index (χ0n) is 9.48. The van der Waals surface area contributed by atoms with Gasteiger partial charge in [-0.3, -0.25) is 4.79 Å². The molecule has 1 rings (SSSR count). The van der Waals surface area contributed by atoms with Gasteiger partial charge in [-0.2, -0.15) is 0 Å².